The van der Waals surface area contributed by atoms with E-state index in [-0.39, 0.29) is 22.7 Å². The van der Waals surface area contributed by atoms with Crippen LogP contribution >= 0.6 is 0 Å². The van der Waals surface area contributed by atoms with E-state index in [9.17, 15) is 24.3 Å². The summed E-state index contributed by atoms with van der Waals surface area (Å²) in [4.78, 5) is 58.1. The van der Waals surface area contributed by atoms with Gasteiger partial charge in [-0.3, -0.25) is 33.4 Å². The molecule has 1 aliphatic carbocycles. The van der Waals surface area contributed by atoms with Gasteiger partial charge in [-0.25, -0.2) is 4.79 Å². The molecule has 0 saturated carbocycles. The maximum Gasteiger partial charge on any atom is 0.333 e. The number of hydrogen-bond acceptors (Lipinski definition) is 8. The summed E-state index contributed by atoms with van der Waals surface area (Å²) in [6.07, 6.45) is 1.30. The van der Waals surface area contributed by atoms with Crippen molar-refractivity contribution in [3.05, 3.63) is 73.1 Å². The summed E-state index contributed by atoms with van der Waals surface area (Å²) in [5, 5.41) is 10.1. The molecule has 178 valence electrons. The average molecular weight is 466 g/mol. The van der Waals surface area contributed by atoms with Gasteiger partial charge in [-0.05, 0) is 6.92 Å². The van der Waals surface area contributed by atoms with Crippen LogP contribution in [0.4, 0.5) is 0 Å². The van der Waals surface area contributed by atoms with E-state index in [0.717, 1.165) is 22.2 Å². The zero-order chi connectivity index (χ0) is 24.6. The minimum absolute atomic E-state index is 0.0245. The van der Waals surface area contributed by atoms with E-state index in [1.807, 2.05) is 6.92 Å². The molecule has 2 aliphatic rings. The fraction of sp³-hybridized carbons (Fsp3) is 0.375. The van der Waals surface area contributed by atoms with Crippen LogP contribution in [-0.4, -0.2) is 81.1 Å². The molecule has 10 nitrogen and oxygen atoms in total. The number of carbonyl (C=O) groups excluding carboxylic acids is 2. The van der Waals surface area contributed by atoms with Crippen molar-refractivity contribution in [3.63, 3.8) is 0 Å². The Balaban J connectivity index is 1.36. The average Bonchev–Trinajstić information content (AvgIpc) is 3.11. The van der Waals surface area contributed by atoms with Crippen LogP contribution in [0.25, 0.3) is 0 Å². The summed E-state index contributed by atoms with van der Waals surface area (Å²) in [5.41, 5.74) is 0.689. The van der Waals surface area contributed by atoms with Crippen molar-refractivity contribution >= 4 is 17.8 Å². The van der Waals surface area contributed by atoms with Crippen LogP contribution in [0.5, 0.6) is 5.88 Å². The molecule has 1 N–H and O–H groups in total. The monoisotopic (exact) mass is 465 g/mol. The van der Waals surface area contributed by atoms with Crippen molar-refractivity contribution in [2.24, 2.45) is 19.1 Å². The number of fused-ring (bicyclic) bond motifs is 1. The molecule has 0 atom stereocenters. The van der Waals surface area contributed by atoms with Gasteiger partial charge in [0.15, 0.2) is 11.6 Å². The molecule has 1 aromatic carbocycles. The van der Waals surface area contributed by atoms with E-state index in [1.54, 1.807) is 24.3 Å². The molecule has 0 amide bonds. The first-order chi connectivity index (χ1) is 16.2. The number of aromatic hydroxyl groups is 1. The van der Waals surface area contributed by atoms with Crippen LogP contribution in [0.15, 0.2) is 50.1 Å². The summed E-state index contributed by atoms with van der Waals surface area (Å²) >= 11 is 0. The van der Waals surface area contributed by atoms with Gasteiger partial charge < -0.3 is 10.0 Å². The van der Waals surface area contributed by atoms with Crippen LogP contribution in [-0.2, 0) is 14.1 Å². The number of nitrogens with zero attached hydrogens (tertiary/aromatic N) is 5. The van der Waals surface area contributed by atoms with Crippen LogP contribution in [0.1, 0.15) is 33.2 Å². The van der Waals surface area contributed by atoms with Gasteiger partial charge in [0.25, 0.3) is 5.56 Å². The highest BCUT2D eigenvalue weighted by molar-refractivity contribution is 6.39. The maximum atomic E-state index is 12.8. The van der Waals surface area contributed by atoms with E-state index in [1.165, 1.54) is 20.3 Å². The predicted octanol–water partition coefficient (Wildman–Crippen LogP) is 0.179. The van der Waals surface area contributed by atoms with Crippen LogP contribution in [0.2, 0.25) is 0 Å². The topological polar surface area (TPSA) is 117 Å². The van der Waals surface area contributed by atoms with E-state index in [2.05, 4.69) is 14.8 Å². The summed E-state index contributed by atoms with van der Waals surface area (Å²) in [6, 6.07) is 6.92. The van der Waals surface area contributed by atoms with Gasteiger partial charge in [0.1, 0.15) is 5.56 Å². The largest absolute Gasteiger partial charge is 0.494 e. The molecule has 4 rings (SSSR count). The Morgan fingerprint density at radius 3 is 2.15 bits per heavy atom. The van der Waals surface area contributed by atoms with Crippen LogP contribution in [0, 0.1) is 0 Å². The lowest BCUT2D eigenvalue weighted by atomic mass is 10.1. The van der Waals surface area contributed by atoms with Crippen molar-refractivity contribution < 1.29 is 14.7 Å². The number of hydrogen-bond donors (Lipinski definition) is 1. The van der Waals surface area contributed by atoms with E-state index in [0.29, 0.717) is 43.0 Å². The highest BCUT2D eigenvalue weighted by Crippen LogP contribution is 2.29. The fourth-order valence-corrected chi connectivity index (χ4v) is 4.37. The standard InChI is InChI=1S/C24H27N5O5/c1-15(19-20(30)16-6-4-5-7-17(16)21(19)31)29-12-10-28(11-13-29)9-8-25-14-18-22(32)26(2)24(34)27(3)23(18)33/h4-7,14,32H,8-13H2,1-3H3. The molecular formula is C24H27N5O5. The van der Waals surface area contributed by atoms with Gasteiger partial charge in [0.05, 0.1) is 12.1 Å². The van der Waals surface area contributed by atoms with Crippen molar-refractivity contribution in [3.8, 4) is 5.88 Å². The van der Waals surface area contributed by atoms with Crippen molar-refractivity contribution in [2.75, 3.05) is 39.3 Å². The molecule has 0 radical (unpaired) electrons. The van der Waals surface area contributed by atoms with Gasteiger partial charge in [-0.1, -0.05) is 24.3 Å². The first-order valence-electron chi connectivity index (χ1n) is 11.1. The molecule has 10 heteroatoms. The molecule has 1 aromatic heterocycles. The lowest BCUT2D eigenvalue weighted by Crippen LogP contribution is -2.46. The summed E-state index contributed by atoms with van der Waals surface area (Å²) in [6.45, 7) is 5.73. The van der Waals surface area contributed by atoms with Gasteiger partial charge in [-0.15, -0.1) is 0 Å². The number of aliphatic imine (C=N–C) groups is 1. The minimum Gasteiger partial charge on any atom is -0.494 e. The predicted molar refractivity (Wildman–Crippen MR) is 127 cm³/mol. The molecule has 2 heterocycles. The highest BCUT2D eigenvalue weighted by Gasteiger charge is 2.35. The Kier molecular flexibility index (Phi) is 6.34. The normalized spacial score (nSPS) is 16.6. The first-order valence-corrected chi connectivity index (χ1v) is 11.1. The second-order valence-electron chi connectivity index (χ2n) is 8.47. The summed E-state index contributed by atoms with van der Waals surface area (Å²) in [7, 11) is 2.74. The number of allylic oxidation sites excluding steroid dienone is 2. The Hall–Kier alpha value is -3.79. The smallest absolute Gasteiger partial charge is 0.333 e. The second-order valence-corrected chi connectivity index (χ2v) is 8.47. The quantitative estimate of drug-likeness (QED) is 0.380. The lowest BCUT2D eigenvalue weighted by molar-refractivity contribution is 0.0976. The number of Topliss-reactive ketones (excluding diaryl/α,β-unsaturated/α-hetero) is 2. The summed E-state index contributed by atoms with van der Waals surface area (Å²) < 4.78 is 1.92. The Labute approximate surface area is 196 Å². The Morgan fingerprint density at radius 1 is 0.971 bits per heavy atom. The second kappa shape index (κ2) is 9.22. The summed E-state index contributed by atoms with van der Waals surface area (Å²) in [5.74, 6) is -0.822. The molecule has 0 unspecified atom stereocenters. The Bertz CT molecular complexity index is 1310. The third-order valence-corrected chi connectivity index (χ3v) is 6.51. The molecule has 1 aliphatic heterocycles. The number of benzene rings is 1. The van der Waals surface area contributed by atoms with Gasteiger partial charge in [0, 0.05) is 69.9 Å². The molecule has 1 saturated heterocycles. The van der Waals surface area contributed by atoms with E-state index >= 15 is 0 Å². The molecule has 2 aromatic rings. The minimum atomic E-state index is -0.604. The maximum absolute atomic E-state index is 12.8. The van der Waals surface area contributed by atoms with Crippen LogP contribution < -0.4 is 11.2 Å². The number of aromatic nitrogens is 2. The zero-order valence-corrected chi connectivity index (χ0v) is 19.4. The SMILES string of the molecule is CC(=C1C(=O)c2ccccc2C1=O)N1CCN(CCN=Cc2c(O)n(C)c(=O)n(C)c2=O)CC1. The molecule has 0 spiro atoms. The third kappa shape index (κ3) is 4.01. The van der Waals surface area contributed by atoms with E-state index in [4.69, 9.17) is 0 Å². The van der Waals surface area contributed by atoms with Gasteiger partial charge >= 0.3 is 5.69 Å². The van der Waals surface area contributed by atoms with Crippen molar-refractivity contribution in [2.45, 2.75) is 6.92 Å². The highest BCUT2D eigenvalue weighted by atomic mass is 16.3. The number of piperazine rings is 1. The van der Waals surface area contributed by atoms with Crippen molar-refractivity contribution in [1.29, 1.82) is 0 Å². The Morgan fingerprint density at radius 2 is 1.56 bits per heavy atom. The third-order valence-electron chi connectivity index (χ3n) is 6.51. The fourth-order valence-electron chi connectivity index (χ4n) is 4.37. The zero-order valence-electron chi connectivity index (χ0n) is 19.4. The molecule has 1 fully saturated rings. The molecular weight excluding hydrogens is 438 g/mol. The van der Waals surface area contributed by atoms with Gasteiger partial charge in [-0.2, -0.15) is 0 Å². The lowest BCUT2D eigenvalue weighted by Gasteiger charge is -2.36. The first kappa shape index (κ1) is 23.4. The molecule has 0 bridgehead atoms. The van der Waals surface area contributed by atoms with Crippen molar-refractivity contribution in [1.82, 2.24) is 18.9 Å². The van der Waals surface area contributed by atoms with Crippen LogP contribution in [0.3, 0.4) is 0 Å². The number of carbonyl (C=O) groups is 2. The number of ketones is 2. The number of rotatable bonds is 5. The van der Waals surface area contributed by atoms with Gasteiger partial charge in [0.2, 0.25) is 5.88 Å². The molecule has 34 heavy (non-hydrogen) atoms. The van der Waals surface area contributed by atoms with E-state index < -0.39 is 17.1 Å².